The van der Waals surface area contributed by atoms with Crippen molar-refractivity contribution in [2.75, 3.05) is 11.9 Å². The van der Waals surface area contributed by atoms with Crippen LogP contribution in [-0.4, -0.2) is 34.2 Å². The topological polar surface area (TPSA) is 102 Å². The minimum atomic E-state index is -0.613. The van der Waals surface area contributed by atoms with E-state index in [0.717, 1.165) is 11.3 Å². The molecule has 0 aliphatic heterocycles. The first-order valence-electron chi connectivity index (χ1n) is 11.2. The fraction of sp³-hybridized carbons (Fsp3) is 0.308. The second kappa shape index (κ2) is 11.2. The van der Waals surface area contributed by atoms with Crippen LogP contribution in [0, 0.1) is 0 Å². The van der Waals surface area contributed by atoms with Crippen LogP contribution in [-0.2, 0) is 24.5 Å². The summed E-state index contributed by atoms with van der Waals surface area (Å²) in [5, 5.41) is 10.6. The smallest absolute Gasteiger partial charge is 0.308 e. The van der Waals surface area contributed by atoms with Gasteiger partial charge in [-0.3, -0.25) is 14.4 Å². The second-order valence-corrected chi connectivity index (χ2v) is 9.51. The summed E-state index contributed by atoms with van der Waals surface area (Å²) >= 11 is 6.36. The fourth-order valence-electron chi connectivity index (χ4n) is 3.38. The first kappa shape index (κ1) is 26.0. The Kier molecular flexibility index (Phi) is 8.30. The first-order valence-corrected chi connectivity index (χ1v) is 11.6. The maximum absolute atomic E-state index is 12.6. The van der Waals surface area contributed by atoms with Gasteiger partial charge < -0.3 is 15.4 Å². The van der Waals surface area contributed by atoms with Crippen molar-refractivity contribution in [1.29, 1.82) is 0 Å². The van der Waals surface area contributed by atoms with E-state index < -0.39 is 24.5 Å². The summed E-state index contributed by atoms with van der Waals surface area (Å²) < 4.78 is 6.76. The highest BCUT2D eigenvalue weighted by Gasteiger charge is 2.23. The number of halogens is 1. The molecule has 0 saturated heterocycles. The molecule has 3 rings (SSSR count). The molecule has 0 radical (unpaired) electrons. The van der Waals surface area contributed by atoms with Gasteiger partial charge in [-0.2, -0.15) is 5.10 Å². The molecular weight excluding hydrogens is 468 g/mol. The molecule has 0 spiro atoms. The maximum atomic E-state index is 12.6. The lowest BCUT2D eigenvalue weighted by atomic mass is 9.92. The molecule has 2 amide bonds. The molecule has 1 atom stereocenters. The molecule has 1 heterocycles. The summed E-state index contributed by atoms with van der Waals surface area (Å²) in [7, 11) is 0. The fourth-order valence-corrected chi connectivity index (χ4v) is 3.59. The lowest BCUT2D eigenvalue weighted by molar-refractivity contribution is -0.148. The van der Waals surface area contributed by atoms with Crippen molar-refractivity contribution in [3.8, 4) is 5.69 Å². The van der Waals surface area contributed by atoms with E-state index in [1.54, 1.807) is 28.9 Å². The summed E-state index contributed by atoms with van der Waals surface area (Å²) in [5.74, 6) is -1.00. The van der Waals surface area contributed by atoms with Crippen molar-refractivity contribution in [1.82, 2.24) is 15.1 Å². The zero-order valence-electron chi connectivity index (χ0n) is 20.2. The zero-order chi connectivity index (χ0) is 25.6. The molecule has 0 saturated carbocycles. The Morgan fingerprint density at radius 3 is 2.34 bits per heavy atom. The molecule has 0 fully saturated rings. The Morgan fingerprint density at radius 1 is 1.06 bits per heavy atom. The van der Waals surface area contributed by atoms with Crippen LogP contribution in [0.1, 0.15) is 51.4 Å². The first-order chi connectivity index (χ1) is 16.5. The lowest BCUT2D eigenvalue weighted by Gasteiger charge is -2.17. The number of anilines is 1. The Labute approximate surface area is 209 Å². The van der Waals surface area contributed by atoms with Gasteiger partial charge in [0, 0.05) is 18.4 Å². The van der Waals surface area contributed by atoms with Gasteiger partial charge in [-0.25, -0.2) is 4.68 Å². The second-order valence-electron chi connectivity index (χ2n) is 9.10. The molecule has 1 aromatic heterocycles. The third kappa shape index (κ3) is 7.16. The van der Waals surface area contributed by atoms with Gasteiger partial charge in [0.25, 0.3) is 5.91 Å². The van der Waals surface area contributed by atoms with Gasteiger partial charge in [0.15, 0.2) is 6.61 Å². The number of para-hydroxylation sites is 1. The van der Waals surface area contributed by atoms with E-state index in [0.29, 0.717) is 16.5 Å². The predicted molar refractivity (Wildman–Crippen MR) is 134 cm³/mol. The third-order valence-corrected chi connectivity index (χ3v) is 5.46. The molecule has 8 nitrogen and oxygen atoms in total. The van der Waals surface area contributed by atoms with E-state index in [1.165, 1.54) is 6.92 Å². The van der Waals surface area contributed by atoms with Gasteiger partial charge in [-0.05, 0) is 17.7 Å². The van der Waals surface area contributed by atoms with Crippen molar-refractivity contribution in [3.63, 3.8) is 0 Å². The molecule has 0 unspecified atom stereocenters. The molecule has 184 valence electrons. The molecule has 0 aliphatic carbocycles. The maximum Gasteiger partial charge on any atom is 0.308 e. The highest BCUT2D eigenvalue weighted by molar-refractivity contribution is 6.32. The summed E-state index contributed by atoms with van der Waals surface area (Å²) in [4.78, 5) is 36.7. The monoisotopic (exact) mass is 496 g/mol. The largest absolute Gasteiger partial charge is 0.455 e. The molecule has 3 aromatic rings. The average molecular weight is 497 g/mol. The Morgan fingerprint density at radius 2 is 1.71 bits per heavy atom. The molecule has 2 aromatic carbocycles. The molecule has 0 aliphatic rings. The minimum Gasteiger partial charge on any atom is -0.455 e. The number of ether oxygens (including phenoxy) is 1. The van der Waals surface area contributed by atoms with Crippen molar-refractivity contribution in [3.05, 3.63) is 76.9 Å². The van der Waals surface area contributed by atoms with Crippen LogP contribution < -0.4 is 10.6 Å². The molecule has 0 bridgehead atoms. The van der Waals surface area contributed by atoms with E-state index in [1.807, 2.05) is 57.2 Å². The van der Waals surface area contributed by atoms with Crippen LogP contribution in [0.4, 0.5) is 5.82 Å². The number of nitrogens with zero attached hydrogens (tertiary/aromatic N) is 2. The van der Waals surface area contributed by atoms with E-state index >= 15 is 0 Å². The number of amides is 2. The van der Waals surface area contributed by atoms with Gasteiger partial charge in [-0.1, -0.05) is 74.8 Å². The number of rotatable bonds is 8. The van der Waals surface area contributed by atoms with Crippen LogP contribution >= 0.6 is 11.6 Å². The Bertz CT molecular complexity index is 1200. The average Bonchev–Trinajstić information content (AvgIpc) is 3.22. The number of benzene rings is 2. The Hall–Kier alpha value is -3.65. The van der Waals surface area contributed by atoms with Gasteiger partial charge in [0.2, 0.25) is 5.91 Å². The molecular formula is C26H29ClN4O4. The summed E-state index contributed by atoms with van der Waals surface area (Å²) in [6.45, 7) is 6.93. The summed E-state index contributed by atoms with van der Waals surface area (Å²) in [6, 6.07) is 17.5. The highest BCUT2D eigenvalue weighted by Crippen LogP contribution is 2.29. The number of esters is 1. The summed E-state index contributed by atoms with van der Waals surface area (Å²) in [5.41, 5.74) is 1.86. The number of nitrogens with one attached hydrogen (secondary N) is 2. The quantitative estimate of drug-likeness (QED) is 0.445. The van der Waals surface area contributed by atoms with Crippen LogP contribution in [0.2, 0.25) is 5.02 Å². The normalized spacial score (nSPS) is 12.0. The van der Waals surface area contributed by atoms with Gasteiger partial charge >= 0.3 is 5.97 Å². The number of hydrogen-bond donors (Lipinski definition) is 2. The molecule has 2 N–H and O–H groups in total. The van der Waals surface area contributed by atoms with Crippen molar-refractivity contribution >= 4 is 35.2 Å². The van der Waals surface area contributed by atoms with Gasteiger partial charge in [-0.15, -0.1) is 0 Å². The zero-order valence-corrected chi connectivity index (χ0v) is 20.9. The van der Waals surface area contributed by atoms with E-state index in [-0.39, 0.29) is 17.7 Å². The number of carbonyl (C=O) groups excluding carboxylic acids is 3. The third-order valence-electron chi connectivity index (χ3n) is 5.14. The number of hydrogen-bond acceptors (Lipinski definition) is 5. The van der Waals surface area contributed by atoms with E-state index in [2.05, 4.69) is 15.7 Å². The van der Waals surface area contributed by atoms with Crippen molar-refractivity contribution in [2.45, 2.75) is 45.6 Å². The van der Waals surface area contributed by atoms with Crippen LogP contribution in [0.5, 0.6) is 0 Å². The standard InChI is InChI=1S/C26H29ClN4O4/c1-17(32)28-20(18-10-6-5-7-11-18)14-25(34)35-16-24(33)29-23-15-22(26(2,3)4)30-31(23)21-13-9-8-12-19(21)27/h5-13,15,20H,14,16H2,1-4H3,(H,28,32)(H,29,33)/t20-/m0/s1. The lowest BCUT2D eigenvalue weighted by Crippen LogP contribution is -2.29. The van der Waals surface area contributed by atoms with Gasteiger partial charge in [0.05, 0.1) is 28.9 Å². The van der Waals surface area contributed by atoms with E-state index in [4.69, 9.17) is 16.3 Å². The number of aromatic nitrogens is 2. The van der Waals surface area contributed by atoms with Crippen LogP contribution in [0.3, 0.4) is 0 Å². The van der Waals surface area contributed by atoms with Crippen LogP contribution in [0.15, 0.2) is 60.7 Å². The summed E-state index contributed by atoms with van der Waals surface area (Å²) in [6.07, 6.45) is -0.109. The predicted octanol–water partition coefficient (Wildman–Crippen LogP) is 4.57. The van der Waals surface area contributed by atoms with Crippen molar-refractivity contribution < 1.29 is 19.1 Å². The molecule has 35 heavy (non-hydrogen) atoms. The van der Waals surface area contributed by atoms with E-state index in [9.17, 15) is 14.4 Å². The highest BCUT2D eigenvalue weighted by atomic mass is 35.5. The number of carbonyl (C=O) groups is 3. The SMILES string of the molecule is CC(=O)N[C@@H](CC(=O)OCC(=O)Nc1cc(C(C)(C)C)nn1-c1ccccc1Cl)c1ccccc1. The van der Waals surface area contributed by atoms with Crippen molar-refractivity contribution in [2.24, 2.45) is 0 Å². The van der Waals surface area contributed by atoms with Gasteiger partial charge in [0.1, 0.15) is 5.82 Å². The van der Waals surface area contributed by atoms with Crippen LogP contribution in [0.25, 0.3) is 5.69 Å². The molecule has 9 heteroatoms. The Balaban J connectivity index is 1.69. The minimum absolute atomic E-state index is 0.109.